The Bertz CT molecular complexity index is 2600. The molecule has 6 rings (SSSR count). The molecule has 0 heterocycles. The van der Waals surface area contributed by atoms with E-state index in [-0.39, 0.29) is 104 Å². The number of carbonyl (C=O) groups excluding carboxylic acids is 4. The average Bonchev–Trinajstić information content (AvgIpc) is 3.10. The van der Waals surface area contributed by atoms with Gasteiger partial charge in [0, 0.05) is 41.2 Å². The number of carbonyl (C=O) groups is 4. The van der Waals surface area contributed by atoms with Gasteiger partial charge < -0.3 is 25.1 Å². The van der Waals surface area contributed by atoms with Gasteiger partial charge in [-0.2, -0.15) is 10.2 Å². The molecule has 0 aliphatic heterocycles. The third-order valence-corrected chi connectivity index (χ3v) is 9.38. The van der Waals surface area contributed by atoms with E-state index in [4.69, 9.17) is 0 Å². The number of fused-ring (bicyclic) bond motifs is 2. The van der Waals surface area contributed by atoms with Gasteiger partial charge in [-0.15, -0.1) is 0 Å². The predicted molar refractivity (Wildman–Crippen MR) is 197 cm³/mol. The van der Waals surface area contributed by atoms with Gasteiger partial charge in [0.1, 0.15) is 31.7 Å². The smallest absolute Gasteiger partial charge is 0.744 e. The molecule has 0 spiro atoms. The van der Waals surface area contributed by atoms with Crippen LogP contribution in [0.25, 0.3) is 6.08 Å². The minimum atomic E-state index is -5.18. The number of urea groups is 1. The summed E-state index contributed by atoms with van der Waals surface area (Å²) in [6.07, 6.45) is 5.32. The summed E-state index contributed by atoms with van der Waals surface area (Å²) < 4.78 is 72.9. The molecule has 0 saturated heterocycles. The summed E-state index contributed by atoms with van der Waals surface area (Å²) in [5.41, 5.74) is 5.45. The van der Waals surface area contributed by atoms with Crippen LogP contribution in [-0.4, -0.2) is 60.9 Å². The van der Waals surface area contributed by atoms with Crippen molar-refractivity contribution >= 4 is 84.0 Å². The molecule has 0 fully saturated rings. The molecule has 5 N–H and O–H groups in total. The summed E-state index contributed by atoms with van der Waals surface area (Å²) in [7, 11) is -10.3. The van der Waals surface area contributed by atoms with E-state index in [1.165, 1.54) is 43.3 Å². The number of hydrogen-bond donors (Lipinski definition) is 5. The number of nitrogens with one attached hydrogen (secondary N) is 5. The number of hydrogen-bond acceptors (Lipinski definition) is 14. The molecular weight excluding hydrogens is 789 g/mol. The Labute approximate surface area is 363 Å². The van der Waals surface area contributed by atoms with E-state index in [9.17, 15) is 45.1 Å². The molecule has 0 unspecified atom stereocenters. The van der Waals surface area contributed by atoms with Crippen LogP contribution in [0.15, 0.2) is 134 Å². The number of benzene rings is 3. The molecule has 56 heavy (non-hydrogen) atoms. The van der Waals surface area contributed by atoms with E-state index in [1.54, 1.807) is 42.5 Å². The summed E-state index contributed by atoms with van der Waals surface area (Å²) in [6, 6.07) is 17.5. The van der Waals surface area contributed by atoms with Crippen molar-refractivity contribution in [3.05, 3.63) is 135 Å². The zero-order valence-corrected chi connectivity index (χ0v) is 35.2. The number of amides is 3. The molecule has 0 saturated carbocycles. The molecule has 274 valence electrons. The van der Waals surface area contributed by atoms with Crippen molar-refractivity contribution in [1.29, 1.82) is 0 Å². The molecule has 0 bridgehead atoms. The maximum absolute atomic E-state index is 13.2. The second-order valence-corrected chi connectivity index (χ2v) is 14.3. The number of anilines is 4. The maximum atomic E-state index is 13.2. The first kappa shape index (κ1) is 43.9. The van der Waals surface area contributed by atoms with Crippen LogP contribution >= 0.6 is 0 Å². The van der Waals surface area contributed by atoms with Gasteiger partial charge in [-0.3, -0.25) is 25.2 Å². The van der Waals surface area contributed by atoms with Gasteiger partial charge in [0.2, 0.25) is 11.7 Å². The van der Waals surface area contributed by atoms with Gasteiger partial charge in [0.25, 0.3) is 0 Å². The number of hydrazone groups is 2. The van der Waals surface area contributed by atoms with Gasteiger partial charge in [-0.25, -0.2) is 21.6 Å². The molecule has 21 heteroatoms. The average molecular weight is 814 g/mol. The molecule has 17 nitrogen and oxygen atoms in total. The van der Waals surface area contributed by atoms with E-state index >= 15 is 0 Å². The van der Waals surface area contributed by atoms with Crippen molar-refractivity contribution in [3.8, 4) is 0 Å². The Morgan fingerprint density at radius 3 is 1.89 bits per heavy atom. The number of nitrogens with zero attached hydrogens (tertiary/aromatic N) is 2. The van der Waals surface area contributed by atoms with Crippen molar-refractivity contribution < 1.29 is 104 Å². The van der Waals surface area contributed by atoms with Crippen LogP contribution < -0.4 is 85.9 Å². The van der Waals surface area contributed by atoms with Gasteiger partial charge in [0.05, 0.1) is 21.2 Å². The van der Waals surface area contributed by atoms with Crippen LogP contribution in [0.1, 0.15) is 22.8 Å². The zero-order valence-electron chi connectivity index (χ0n) is 29.6. The van der Waals surface area contributed by atoms with Crippen molar-refractivity contribution in [2.75, 3.05) is 21.5 Å². The zero-order chi connectivity index (χ0) is 38.8. The fraction of sp³-hybridized carbons (Fsp3) is 0.0286. The normalized spacial score (nSPS) is 16.2. The molecule has 0 aromatic heterocycles. The minimum absolute atomic E-state index is 0. The van der Waals surface area contributed by atoms with Gasteiger partial charge >= 0.3 is 65.1 Å². The van der Waals surface area contributed by atoms with Gasteiger partial charge in [-0.1, -0.05) is 18.2 Å². The molecule has 3 aromatic carbocycles. The number of para-hydroxylation sites is 1. The largest absolute Gasteiger partial charge is 1.00 e. The Balaban J connectivity index is 0.00000348. The van der Waals surface area contributed by atoms with E-state index in [0.717, 1.165) is 24.3 Å². The van der Waals surface area contributed by atoms with Crippen molar-refractivity contribution in [2.24, 2.45) is 10.2 Å². The standard InChI is InChI=1S/C35H27N7O10S2.2Na/c1-19(43)36-22-7-9-24(10-8-22)39-41-29-18-28-21(15-31(29)53(47,48)49)14-26(17-30(28)44)38-35(46)37-25-11-12-27-20(13-25)16-32(54(50,51)52)33(34(27)45)42-40-23-5-3-2-4-6-23;;/h2-18,39-40H,1H3,(H,36,43)(H2,37,38,46)(H,47,48,49)(H,50,51,52);;/q;2*+1/p-2/b41-29+,42-33+;;. The topological polar surface area (TPSA) is 268 Å². The SMILES string of the molecule is CC(=O)Nc1ccc(N/N=C2\C=C3C(=O)C=C(NC(=O)Nc4ccc5c(c4)C=C(S(=O)(=O)[O-])/C(=N\Nc4ccccc4)C5=O)C=C3C=C2S(=O)(=O)[O-])cc1.[Na+].[Na+]. The summed E-state index contributed by atoms with van der Waals surface area (Å²) in [5.74, 6) is -1.79. The Morgan fingerprint density at radius 2 is 1.25 bits per heavy atom. The first-order chi connectivity index (χ1) is 25.5. The van der Waals surface area contributed by atoms with Crippen LogP contribution in [0.5, 0.6) is 0 Å². The molecule has 3 aromatic rings. The van der Waals surface area contributed by atoms with Crippen molar-refractivity contribution in [1.82, 2.24) is 5.32 Å². The first-order valence-corrected chi connectivity index (χ1v) is 18.3. The van der Waals surface area contributed by atoms with E-state index in [1.807, 2.05) is 0 Å². The molecule has 3 aliphatic rings. The van der Waals surface area contributed by atoms with Gasteiger partial charge in [-0.05, 0) is 90.0 Å². The Morgan fingerprint density at radius 1 is 0.643 bits per heavy atom. The molecular formula is C35H25N7Na2O10S2. The van der Waals surface area contributed by atoms with Crippen LogP contribution in [0, 0.1) is 0 Å². The molecule has 0 radical (unpaired) electrons. The summed E-state index contributed by atoms with van der Waals surface area (Å²) in [6.45, 7) is 1.34. The quantitative estimate of drug-likeness (QED) is 0.0857. The summed E-state index contributed by atoms with van der Waals surface area (Å²) >= 11 is 0. The van der Waals surface area contributed by atoms with Crippen LogP contribution in [0.3, 0.4) is 0 Å². The third-order valence-electron chi connectivity index (χ3n) is 7.66. The van der Waals surface area contributed by atoms with E-state index in [0.29, 0.717) is 17.1 Å². The van der Waals surface area contributed by atoms with Crippen LogP contribution in [0.2, 0.25) is 0 Å². The number of allylic oxidation sites excluding steroid dienone is 8. The fourth-order valence-electron chi connectivity index (χ4n) is 5.30. The maximum Gasteiger partial charge on any atom is 1.00 e. The molecule has 3 aliphatic carbocycles. The molecule has 3 amide bonds. The molecule has 0 atom stereocenters. The number of ketones is 2. The third kappa shape index (κ3) is 10.5. The van der Waals surface area contributed by atoms with Crippen molar-refractivity contribution in [3.63, 3.8) is 0 Å². The van der Waals surface area contributed by atoms with Crippen molar-refractivity contribution in [2.45, 2.75) is 6.92 Å². The monoisotopic (exact) mass is 813 g/mol. The summed E-state index contributed by atoms with van der Waals surface area (Å²) in [4.78, 5) is 48.9. The fourth-order valence-corrected chi connectivity index (χ4v) is 6.58. The van der Waals surface area contributed by atoms with Gasteiger partial charge in [0.15, 0.2) is 5.78 Å². The van der Waals surface area contributed by atoms with E-state index in [2.05, 4.69) is 37.0 Å². The minimum Gasteiger partial charge on any atom is -0.744 e. The Kier molecular flexibility index (Phi) is 14.1. The van der Waals surface area contributed by atoms with E-state index < -0.39 is 53.4 Å². The van der Waals surface area contributed by atoms with Crippen LogP contribution in [0.4, 0.5) is 27.5 Å². The first-order valence-electron chi connectivity index (χ1n) is 15.5. The summed E-state index contributed by atoms with van der Waals surface area (Å²) in [5, 5.41) is 15.4. The number of Topliss-reactive ketones (excluding diaryl/α,β-unsaturated/α-hetero) is 1. The van der Waals surface area contributed by atoms with Crippen LogP contribution in [-0.2, 0) is 29.8 Å². The Hall–Kier alpha value is -4.80. The second-order valence-electron chi connectivity index (χ2n) is 11.6. The predicted octanol–water partition coefficient (Wildman–Crippen LogP) is -2.44. The number of rotatable bonds is 9. The second kappa shape index (κ2) is 18.0.